The molecular weight excluding hydrogens is 216 g/mol. The normalized spacial score (nSPS) is 16.6. The van der Waals surface area contributed by atoms with Crippen LogP contribution in [0.15, 0.2) is 0 Å². The van der Waals surface area contributed by atoms with Gasteiger partial charge in [-0.1, -0.05) is 26.7 Å². The molecule has 0 saturated heterocycles. The molecule has 17 heavy (non-hydrogen) atoms. The van der Waals surface area contributed by atoms with Crippen LogP contribution in [0.25, 0.3) is 0 Å². The van der Waals surface area contributed by atoms with Crippen LogP contribution in [0.2, 0.25) is 0 Å². The fourth-order valence-electron chi connectivity index (χ4n) is 2.07. The van der Waals surface area contributed by atoms with Gasteiger partial charge in [-0.05, 0) is 25.8 Å². The van der Waals surface area contributed by atoms with E-state index in [1.807, 2.05) is 0 Å². The summed E-state index contributed by atoms with van der Waals surface area (Å²) in [4.78, 5) is 11.5. The average Bonchev–Trinajstić information content (AvgIpc) is 2.75. The molecule has 1 saturated carbocycles. The number of carbonyl (C=O) groups is 1. The van der Waals surface area contributed by atoms with E-state index in [2.05, 4.69) is 24.5 Å². The molecule has 4 nitrogen and oxygen atoms in total. The van der Waals surface area contributed by atoms with Crippen molar-refractivity contribution in [3.8, 4) is 0 Å². The van der Waals surface area contributed by atoms with Crippen LogP contribution in [-0.4, -0.2) is 37.7 Å². The Balaban J connectivity index is 1.89. The zero-order chi connectivity index (χ0) is 12.5. The fourth-order valence-corrected chi connectivity index (χ4v) is 2.07. The summed E-state index contributed by atoms with van der Waals surface area (Å²) >= 11 is 0. The molecule has 0 heterocycles. The van der Waals surface area contributed by atoms with Gasteiger partial charge in [0.1, 0.15) is 6.61 Å². The minimum atomic E-state index is 0.0359. The summed E-state index contributed by atoms with van der Waals surface area (Å²) in [7, 11) is 0. The number of rotatable bonds is 8. The smallest absolute Gasteiger partial charge is 0.246 e. The largest absolute Gasteiger partial charge is 0.372 e. The molecule has 1 fully saturated rings. The molecule has 0 atom stereocenters. The SMILES string of the molecule is CC(C)NCCCOCC(=O)NC1CCCC1. The molecule has 0 unspecified atom stereocenters. The molecule has 0 spiro atoms. The fraction of sp³-hybridized carbons (Fsp3) is 0.923. The van der Waals surface area contributed by atoms with Gasteiger partial charge in [0.05, 0.1) is 0 Å². The lowest BCUT2D eigenvalue weighted by molar-refractivity contribution is -0.126. The van der Waals surface area contributed by atoms with Gasteiger partial charge in [-0.25, -0.2) is 0 Å². The van der Waals surface area contributed by atoms with Crippen molar-refractivity contribution in [2.45, 2.75) is 58.0 Å². The number of amides is 1. The maximum absolute atomic E-state index is 11.5. The number of ether oxygens (including phenoxy) is 1. The van der Waals surface area contributed by atoms with Gasteiger partial charge >= 0.3 is 0 Å². The molecule has 0 aromatic heterocycles. The van der Waals surface area contributed by atoms with Crippen LogP contribution in [0.5, 0.6) is 0 Å². The van der Waals surface area contributed by atoms with E-state index in [9.17, 15) is 4.79 Å². The zero-order valence-corrected chi connectivity index (χ0v) is 11.1. The Labute approximate surface area is 104 Å². The topological polar surface area (TPSA) is 50.4 Å². The van der Waals surface area contributed by atoms with Crippen LogP contribution >= 0.6 is 0 Å². The molecule has 0 aromatic rings. The molecule has 0 aromatic carbocycles. The lowest BCUT2D eigenvalue weighted by Crippen LogP contribution is -2.35. The lowest BCUT2D eigenvalue weighted by atomic mass is 10.2. The van der Waals surface area contributed by atoms with Crippen LogP contribution in [0.3, 0.4) is 0 Å². The van der Waals surface area contributed by atoms with Crippen molar-refractivity contribution in [2.24, 2.45) is 0 Å². The highest BCUT2D eigenvalue weighted by atomic mass is 16.5. The first-order valence-corrected chi connectivity index (χ1v) is 6.79. The summed E-state index contributed by atoms with van der Waals surface area (Å²) in [6.07, 6.45) is 5.70. The van der Waals surface area contributed by atoms with Crippen molar-refractivity contribution in [1.82, 2.24) is 10.6 Å². The molecule has 1 aliphatic rings. The molecule has 0 bridgehead atoms. The van der Waals surface area contributed by atoms with E-state index in [1.165, 1.54) is 12.8 Å². The monoisotopic (exact) mass is 242 g/mol. The molecule has 4 heteroatoms. The van der Waals surface area contributed by atoms with Gasteiger partial charge in [0, 0.05) is 18.7 Å². The summed E-state index contributed by atoms with van der Waals surface area (Å²) in [5.41, 5.74) is 0. The van der Waals surface area contributed by atoms with E-state index in [-0.39, 0.29) is 12.5 Å². The van der Waals surface area contributed by atoms with Gasteiger partial charge in [-0.2, -0.15) is 0 Å². The quantitative estimate of drug-likeness (QED) is 0.633. The van der Waals surface area contributed by atoms with Gasteiger partial charge in [-0.3, -0.25) is 4.79 Å². The highest BCUT2D eigenvalue weighted by Crippen LogP contribution is 2.17. The minimum absolute atomic E-state index is 0.0359. The molecule has 0 aliphatic heterocycles. The van der Waals surface area contributed by atoms with Crippen molar-refractivity contribution >= 4 is 5.91 Å². The summed E-state index contributed by atoms with van der Waals surface area (Å²) in [6, 6.07) is 0.911. The van der Waals surface area contributed by atoms with E-state index in [1.54, 1.807) is 0 Å². The van der Waals surface area contributed by atoms with Gasteiger partial charge < -0.3 is 15.4 Å². The van der Waals surface area contributed by atoms with E-state index in [0.717, 1.165) is 25.8 Å². The Kier molecular flexibility index (Phi) is 7.21. The minimum Gasteiger partial charge on any atom is -0.372 e. The second-order valence-corrected chi connectivity index (χ2v) is 5.06. The van der Waals surface area contributed by atoms with E-state index in [0.29, 0.717) is 18.7 Å². The van der Waals surface area contributed by atoms with Crippen LogP contribution in [0.1, 0.15) is 46.0 Å². The van der Waals surface area contributed by atoms with Crippen molar-refractivity contribution in [3.63, 3.8) is 0 Å². The molecule has 100 valence electrons. The van der Waals surface area contributed by atoms with Crippen LogP contribution in [0, 0.1) is 0 Å². The van der Waals surface area contributed by atoms with Crippen LogP contribution in [0.4, 0.5) is 0 Å². The first kappa shape index (κ1) is 14.5. The molecule has 1 amide bonds. The number of hydrogen-bond donors (Lipinski definition) is 2. The van der Waals surface area contributed by atoms with Gasteiger partial charge in [0.25, 0.3) is 0 Å². The summed E-state index contributed by atoms with van der Waals surface area (Å²) in [5.74, 6) is 0.0359. The lowest BCUT2D eigenvalue weighted by Gasteiger charge is -2.12. The second kappa shape index (κ2) is 8.48. The van der Waals surface area contributed by atoms with Gasteiger partial charge in [0.2, 0.25) is 5.91 Å². The summed E-state index contributed by atoms with van der Waals surface area (Å²) < 4.78 is 5.34. The van der Waals surface area contributed by atoms with Crippen molar-refractivity contribution in [3.05, 3.63) is 0 Å². The standard InChI is InChI=1S/C13H26N2O2/c1-11(2)14-8-5-9-17-10-13(16)15-12-6-3-4-7-12/h11-12,14H,3-10H2,1-2H3,(H,15,16). The third-order valence-corrected chi connectivity index (χ3v) is 2.97. The number of nitrogens with one attached hydrogen (secondary N) is 2. The Bertz CT molecular complexity index is 213. The average molecular weight is 242 g/mol. The highest BCUT2D eigenvalue weighted by Gasteiger charge is 2.16. The van der Waals surface area contributed by atoms with Gasteiger partial charge in [0.15, 0.2) is 0 Å². The molecule has 1 aliphatic carbocycles. The van der Waals surface area contributed by atoms with Crippen molar-refractivity contribution in [1.29, 1.82) is 0 Å². The Morgan fingerprint density at radius 3 is 2.71 bits per heavy atom. The first-order valence-electron chi connectivity index (χ1n) is 6.79. The number of hydrogen-bond acceptors (Lipinski definition) is 3. The third-order valence-electron chi connectivity index (χ3n) is 2.97. The zero-order valence-electron chi connectivity index (χ0n) is 11.1. The summed E-state index contributed by atoms with van der Waals surface area (Å²) in [6.45, 7) is 6.05. The third kappa shape index (κ3) is 7.34. The van der Waals surface area contributed by atoms with Crippen molar-refractivity contribution in [2.75, 3.05) is 19.8 Å². The second-order valence-electron chi connectivity index (χ2n) is 5.06. The number of carbonyl (C=O) groups excluding carboxylic acids is 1. The van der Waals surface area contributed by atoms with E-state index >= 15 is 0 Å². The molecule has 0 radical (unpaired) electrons. The summed E-state index contributed by atoms with van der Waals surface area (Å²) in [5, 5.41) is 6.32. The first-order chi connectivity index (χ1) is 8.18. The highest BCUT2D eigenvalue weighted by molar-refractivity contribution is 5.77. The van der Waals surface area contributed by atoms with Crippen LogP contribution < -0.4 is 10.6 Å². The predicted molar refractivity (Wildman–Crippen MR) is 69.0 cm³/mol. The van der Waals surface area contributed by atoms with Gasteiger partial charge in [-0.15, -0.1) is 0 Å². The maximum atomic E-state index is 11.5. The molecule has 2 N–H and O–H groups in total. The van der Waals surface area contributed by atoms with Crippen molar-refractivity contribution < 1.29 is 9.53 Å². The Morgan fingerprint density at radius 1 is 1.35 bits per heavy atom. The molecular formula is C13H26N2O2. The van der Waals surface area contributed by atoms with E-state index < -0.39 is 0 Å². The maximum Gasteiger partial charge on any atom is 0.246 e. The van der Waals surface area contributed by atoms with Crippen LogP contribution in [-0.2, 0) is 9.53 Å². The Hall–Kier alpha value is -0.610. The Morgan fingerprint density at radius 2 is 2.06 bits per heavy atom. The molecule has 1 rings (SSSR count). The van der Waals surface area contributed by atoms with E-state index in [4.69, 9.17) is 4.74 Å². The predicted octanol–water partition coefficient (Wildman–Crippen LogP) is 1.45.